The molecule has 0 unspecified atom stereocenters. The Bertz CT molecular complexity index is 1640. The Labute approximate surface area is 202 Å². The Morgan fingerprint density at radius 1 is 0.886 bits per heavy atom. The third-order valence-electron chi connectivity index (χ3n) is 6.65. The van der Waals surface area contributed by atoms with Gasteiger partial charge in [0.05, 0.1) is 15.5 Å². The Morgan fingerprint density at radius 3 is 2.57 bits per heavy atom. The van der Waals surface area contributed by atoms with Gasteiger partial charge in [-0.05, 0) is 68.1 Å². The number of H-pyrrole nitrogens is 1. The summed E-state index contributed by atoms with van der Waals surface area (Å²) in [5.41, 5.74) is 5.14. The molecule has 0 atom stereocenters. The van der Waals surface area contributed by atoms with Crippen LogP contribution in [0.25, 0.3) is 11.3 Å². The van der Waals surface area contributed by atoms with E-state index in [9.17, 15) is 18.0 Å². The fourth-order valence-corrected chi connectivity index (χ4v) is 6.57. The lowest BCUT2D eigenvalue weighted by Gasteiger charge is -2.19. The number of rotatable bonds is 3. The molecule has 35 heavy (non-hydrogen) atoms. The predicted octanol–water partition coefficient (Wildman–Crippen LogP) is 4.59. The van der Waals surface area contributed by atoms with Crippen LogP contribution in [0.15, 0.2) is 76.5 Å². The van der Waals surface area contributed by atoms with Crippen molar-refractivity contribution in [1.82, 2.24) is 10.2 Å². The molecule has 7 nitrogen and oxygen atoms in total. The molecule has 2 aliphatic rings. The molecule has 3 aromatic carbocycles. The molecule has 0 fully saturated rings. The van der Waals surface area contributed by atoms with Crippen molar-refractivity contribution in [2.45, 2.75) is 35.5 Å². The number of hydrogen-bond donors (Lipinski definition) is 2. The van der Waals surface area contributed by atoms with E-state index < -0.39 is 15.7 Å². The number of nitrogens with one attached hydrogen (secondary N) is 2. The second kappa shape index (κ2) is 8.02. The van der Waals surface area contributed by atoms with E-state index in [0.29, 0.717) is 5.69 Å². The number of sulfone groups is 1. The zero-order valence-electron chi connectivity index (χ0n) is 18.7. The molecule has 174 valence electrons. The molecule has 6 rings (SSSR count). The van der Waals surface area contributed by atoms with E-state index in [1.807, 2.05) is 18.2 Å². The average Bonchev–Trinajstić information content (AvgIpc) is 3.32. The number of aromatic amines is 1. The number of aromatic nitrogens is 2. The summed E-state index contributed by atoms with van der Waals surface area (Å²) in [6.07, 6.45) is 4.25. The predicted molar refractivity (Wildman–Crippen MR) is 130 cm³/mol. The van der Waals surface area contributed by atoms with Crippen molar-refractivity contribution in [3.05, 3.63) is 94.7 Å². The van der Waals surface area contributed by atoms with E-state index in [2.05, 4.69) is 15.5 Å². The first-order valence-corrected chi connectivity index (χ1v) is 12.9. The number of hydrogen-bond acceptors (Lipinski definition) is 5. The lowest BCUT2D eigenvalue weighted by Crippen LogP contribution is -2.21. The number of benzene rings is 3. The molecule has 1 aliphatic carbocycles. The van der Waals surface area contributed by atoms with Gasteiger partial charge in [-0.3, -0.25) is 14.7 Å². The summed E-state index contributed by atoms with van der Waals surface area (Å²) in [6.45, 7) is 0. The van der Waals surface area contributed by atoms with E-state index in [1.54, 1.807) is 18.2 Å². The van der Waals surface area contributed by atoms with Crippen molar-refractivity contribution in [3.8, 4) is 11.3 Å². The summed E-state index contributed by atoms with van der Waals surface area (Å²) in [7, 11) is -3.92. The molecule has 0 bridgehead atoms. The minimum absolute atomic E-state index is 0.0370. The van der Waals surface area contributed by atoms with Crippen LogP contribution in [-0.2, 0) is 22.7 Å². The van der Waals surface area contributed by atoms with Crippen molar-refractivity contribution in [2.24, 2.45) is 0 Å². The first-order chi connectivity index (χ1) is 16.9. The molecule has 1 aliphatic heterocycles. The van der Waals surface area contributed by atoms with Gasteiger partial charge in [0.1, 0.15) is 0 Å². The SMILES string of the molecule is O=C(Nc1cccc(-c2n[nH]c3c2CCCC3)c1)c1ccc2c(c1)S(=O)(=O)c1ccccc1C2=O. The quantitative estimate of drug-likeness (QED) is 0.390. The Hall–Kier alpha value is -4.04. The van der Waals surface area contributed by atoms with Crippen LogP contribution in [0, 0.1) is 0 Å². The maximum Gasteiger partial charge on any atom is 0.255 e. The maximum absolute atomic E-state index is 13.2. The summed E-state index contributed by atoms with van der Waals surface area (Å²) >= 11 is 0. The molecule has 0 saturated carbocycles. The standard InChI is InChI=1S/C27H21N3O4S/c31-26-20-9-2-4-11-23(20)35(33,34)24-15-17(12-13-21(24)26)27(32)28-18-7-5-6-16(14-18)25-19-8-1-3-10-22(19)29-30-25/h2,4-7,9,11-15H,1,3,8,10H2,(H,28,32)(H,29,30). The van der Waals surface area contributed by atoms with Crippen LogP contribution in [0.4, 0.5) is 5.69 Å². The van der Waals surface area contributed by atoms with Gasteiger partial charge >= 0.3 is 0 Å². The first kappa shape index (κ1) is 21.5. The topological polar surface area (TPSA) is 109 Å². The highest BCUT2D eigenvalue weighted by Gasteiger charge is 2.35. The van der Waals surface area contributed by atoms with E-state index in [0.717, 1.165) is 36.9 Å². The van der Waals surface area contributed by atoms with E-state index in [-0.39, 0.29) is 32.3 Å². The van der Waals surface area contributed by atoms with Crippen LogP contribution in [-0.4, -0.2) is 30.3 Å². The van der Waals surface area contributed by atoms with Crippen LogP contribution < -0.4 is 5.32 Å². The minimum Gasteiger partial charge on any atom is -0.322 e. The van der Waals surface area contributed by atoms with Crippen LogP contribution in [0.3, 0.4) is 0 Å². The fourth-order valence-electron chi connectivity index (χ4n) is 4.89. The van der Waals surface area contributed by atoms with Gasteiger partial charge in [-0.25, -0.2) is 8.42 Å². The lowest BCUT2D eigenvalue weighted by molar-refractivity contribution is 0.101. The van der Waals surface area contributed by atoms with Gasteiger partial charge in [0.2, 0.25) is 9.84 Å². The summed E-state index contributed by atoms with van der Waals surface area (Å²) < 4.78 is 26.3. The largest absolute Gasteiger partial charge is 0.322 e. The van der Waals surface area contributed by atoms with Gasteiger partial charge in [0, 0.05) is 39.2 Å². The highest BCUT2D eigenvalue weighted by molar-refractivity contribution is 7.91. The molecule has 0 radical (unpaired) electrons. The number of aryl methyl sites for hydroxylation is 1. The van der Waals surface area contributed by atoms with Gasteiger partial charge in [0.25, 0.3) is 5.91 Å². The molecule has 1 aromatic heterocycles. The molecule has 1 amide bonds. The summed E-state index contributed by atoms with van der Waals surface area (Å²) in [5.74, 6) is -0.831. The van der Waals surface area contributed by atoms with Crippen molar-refractivity contribution in [2.75, 3.05) is 5.32 Å². The third kappa shape index (κ3) is 3.49. The highest BCUT2D eigenvalue weighted by Crippen LogP contribution is 2.35. The first-order valence-electron chi connectivity index (χ1n) is 11.4. The van der Waals surface area contributed by atoms with Crippen molar-refractivity contribution >= 4 is 27.2 Å². The van der Waals surface area contributed by atoms with E-state index >= 15 is 0 Å². The molecular formula is C27H21N3O4S. The second-order valence-electron chi connectivity index (χ2n) is 8.81. The number of carbonyl (C=O) groups is 2. The van der Waals surface area contributed by atoms with Crippen LogP contribution >= 0.6 is 0 Å². The Kier molecular flexibility index (Phi) is 4.93. The van der Waals surface area contributed by atoms with Gasteiger partial charge in [0.15, 0.2) is 5.78 Å². The van der Waals surface area contributed by atoms with Gasteiger partial charge in [-0.2, -0.15) is 5.10 Å². The second-order valence-corrected chi connectivity index (χ2v) is 10.7. The van der Waals surface area contributed by atoms with Crippen molar-refractivity contribution in [1.29, 1.82) is 0 Å². The monoisotopic (exact) mass is 483 g/mol. The Balaban J connectivity index is 1.31. The zero-order chi connectivity index (χ0) is 24.2. The smallest absolute Gasteiger partial charge is 0.255 e. The van der Waals surface area contributed by atoms with E-state index in [4.69, 9.17) is 0 Å². The van der Waals surface area contributed by atoms with E-state index in [1.165, 1.54) is 41.6 Å². The minimum atomic E-state index is -3.92. The number of ketones is 1. The highest BCUT2D eigenvalue weighted by atomic mass is 32.2. The normalized spacial score (nSPS) is 15.6. The zero-order valence-corrected chi connectivity index (χ0v) is 19.5. The molecule has 0 spiro atoms. The number of carbonyl (C=O) groups excluding carboxylic acids is 2. The van der Waals surface area contributed by atoms with Crippen molar-refractivity contribution < 1.29 is 18.0 Å². The average molecular weight is 484 g/mol. The molecule has 2 heterocycles. The molecule has 0 saturated heterocycles. The maximum atomic E-state index is 13.2. The number of amides is 1. The Morgan fingerprint density at radius 2 is 1.69 bits per heavy atom. The number of fused-ring (bicyclic) bond motifs is 3. The number of nitrogens with zero attached hydrogens (tertiary/aromatic N) is 1. The molecule has 2 N–H and O–H groups in total. The molecule has 8 heteroatoms. The van der Waals surface area contributed by atoms with Crippen LogP contribution in [0.5, 0.6) is 0 Å². The molecule has 4 aromatic rings. The van der Waals surface area contributed by atoms with Gasteiger partial charge < -0.3 is 5.32 Å². The fraction of sp³-hybridized carbons (Fsp3) is 0.148. The summed E-state index contributed by atoms with van der Waals surface area (Å²) in [6, 6.07) is 17.7. The van der Waals surface area contributed by atoms with Crippen molar-refractivity contribution in [3.63, 3.8) is 0 Å². The number of anilines is 1. The lowest BCUT2D eigenvalue weighted by atomic mass is 9.93. The summed E-state index contributed by atoms with van der Waals surface area (Å²) in [4.78, 5) is 25.7. The third-order valence-corrected chi connectivity index (χ3v) is 8.50. The van der Waals surface area contributed by atoms with Crippen LogP contribution in [0.1, 0.15) is 50.4 Å². The van der Waals surface area contributed by atoms with Gasteiger partial charge in [-0.15, -0.1) is 0 Å². The molecular weight excluding hydrogens is 462 g/mol. The van der Waals surface area contributed by atoms with Crippen LogP contribution in [0.2, 0.25) is 0 Å². The van der Waals surface area contributed by atoms with Gasteiger partial charge in [-0.1, -0.05) is 24.3 Å². The summed E-state index contributed by atoms with van der Waals surface area (Å²) in [5, 5.41) is 10.5.